The van der Waals surface area contributed by atoms with Gasteiger partial charge in [0, 0.05) is 19.5 Å². The van der Waals surface area contributed by atoms with Crippen LogP contribution in [-0.2, 0) is 24.4 Å². The van der Waals surface area contributed by atoms with Crippen molar-refractivity contribution in [1.82, 2.24) is 5.43 Å². The maximum absolute atomic E-state index is 13.5. The average molecular weight is 539 g/mol. The van der Waals surface area contributed by atoms with E-state index in [-0.39, 0.29) is 16.5 Å². The summed E-state index contributed by atoms with van der Waals surface area (Å²) in [5.41, 5.74) is 3.60. The molecule has 12 heteroatoms. The number of nitrogens with one attached hydrogen (secondary N) is 2. The number of methoxy groups -OCH3 is 1. The van der Waals surface area contributed by atoms with Crippen molar-refractivity contribution in [2.75, 3.05) is 23.3 Å². The van der Waals surface area contributed by atoms with E-state index >= 15 is 0 Å². The Labute approximate surface area is 220 Å². The van der Waals surface area contributed by atoms with Gasteiger partial charge in [-0.1, -0.05) is 0 Å². The van der Waals surface area contributed by atoms with Gasteiger partial charge in [0.05, 0.1) is 23.9 Å². The predicted molar refractivity (Wildman–Crippen MR) is 142 cm³/mol. The minimum Gasteiger partial charge on any atom is -0.497 e. The van der Waals surface area contributed by atoms with Crippen LogP contribution in [0.25, 0.3) is 0 Å². The fraction of sp³-hybridized carbons (Fsp3) is 0.154. The predicted octanol–water partition coefficient (Wildman–Crippen LogP) is 2.92. The fourth-order valence-corrected chi connectivity index (χ4v) is 4.66. The van der Waals surface area contributed by atoms with Crippen LogP contribution >= 0.6 is 0 Å². The van der Waals surface area contributed by atoms with Gasteiger partial charge in [-0.2, -0.15) is 5.10 Å². The van der Waals surface area contributed by atoms with Crippen LogP contribution in [0.5, 0.6) is 11.5 Å². The number of carbonyl (C=O) groups is 3. The molecule has 0 bridgehead atoms. The van der Waals surface area contributed by atoms with Gasteiger partial charge in [0.2, 0.25) is 5.91 Å². The first-order chi connectivity index (χ1) is 18.1. The fourth-order valence-electron chi connectivity index (χ4n) is 3.24. The summed E-state index contributed by atoms with van der Waals surface area (Å²) in [7, 11) is -2.70. The van der Waals surface area contributed by atoms with Crippen molar-refractivity contribution in [2.24, 2.45) is 5.10 Å². The van der Waals surface area contributed by atoms with Crippen molar-refractivity contribution in [3.05, 3.63) is 78.4 Å². The molecule has 0 aliphatic rings. The number of nitrogens with zero attached hydrogens (tertiary/aromatic N) is 2. The Morgan fingerprint density at radius 1 is 0.895 bits per heavy atom. The summed E-state index contributed by atoms with van der Waals surface area (Å²) in [4.78, 5) is 34.9. The van der Waals surface area contributed by atoms with Gasteiger partial charge in [-0.3, -0.25) is 18.7 Å². The summed E-state index contributed by atoms with van der Waals surface area (Å²) in [6.07, 6.45) is 1.36. The summed E-state index contributed by atoms with van der Waals surface area (Å²) in [6, 6.07) is 18.2. The molecule has 0 heterocycles. The van der Waals surface area contributed by atoms with Crippen molar-refractivity contribution in [2.45, 2.75) is 18.7 Å². The van der Waals surface area contributed by atoms with E-state index in [0.717, 1.165) is 4.31 Å². The number of anilines is 2. The molecule has 0 aliphatic heterocycles. The lowest BCUT2D eigenvalue weighted by Crippen LogP contribution is -2.39. The number of benzene rings is 3. The monoisotopic (exact) mass is 538 g/mol. The maximum Gasteiger partial charge on any atom is 0.308 e. The van der Waals surface area contributed by atoms with Gasteiger partial charge in [-0.15, -0.1) is 0 Å². The molecule has 38 heavy (non-hydrogen) atoms. The molecular weight excluding hydrogens is 512 g/mol. The molecule has 11 nitrogen and oxygen atoms in total. The highest BCUT2D eigenvalue weighted by Gasteiger charge is 2.27. The topological polar surface area (TPSA) is 143 Å². The summed E-state index contributed by atoms with van der Waals surface area (Å²) >= 11 is 0. The van der Waals surface area contributed by atoms with Crippen LogP contribution in [0, 0.1) is 0 Å². The summed E-state index contributed by atoms with van der Waals surface area (Å²) < 4.78 is 38.1. The van der Waals surface area contributed by atoms with E-state index in [0.29, 0.717) is 22.7 Å². The third-order valence-electron chi connectivity index (χ3n) is 4.95. The van der Waals surface area contributed by atoms with Crippen LogP contribution in [0.4, 0.5) is 11.4 Å². The largest absolute Gasteiger partial charge is 0.497 e. The third kappa shape index (κ3) is 7.64. The van der Waals surface area contributed by atoms with Gasteiger partial charge in [0.15, 0.2) is 0 Å². The summed E-state index contributed by atoms with van der Waals surface area (Å²) in [5.74, 6) is -0.549. The molecule has 3 aromatic rings. The molecule has 3 rings (SSSR count). The zero-order valence-corrected chi connectivity index (χ0v) is 21.7. The molecule has 2 amide bonds. The third-order valence-corrected chi connectivity index (χ3v) is 6.74. The van der Waals surface area contributed by atoms with Gasteiger partial charge in [0.1, 0.15) is 18.0 Å². The standard InChI is InChI=1S/C26H26N4O7S/c1-18(31)28-21-6-14-25(15-7-21)38(34,35)30(22-8-12-23(36-3)13-9-22)17-26(33)29-27-16-20-4-10-24(11-5-20)37-19(2)32/h4-16H,17H2,1-3H3,(H,28,31)(H,29,33)/b27-16-. The number of sulfonamides is 1. The zero-order chi connectivity index (χ0) is 27.7. The Bertz CT molecular complexity index is 1420. The normalized spacial score (nSPS) is 11.0. The molecule has 0 unspecified atom stereocenters. The lowest BCUT2D eigenvalue weighted by molar-refractivity contribution is -0.132. The molecule has 0 atom stereocenters. The number of amides is 2. The van der Waals surface area contributed by atoms with E-state index < -0.39 is 28.4 Å². The van der Waals surface area contributed by atoms with Gasteiger partial charge >= 0.3 is 5.97 Å². The van der Waals surface area contributed by atoms with Gasteiger partial charge in [0.25, 0.3) is 15.9 Å². The van der Waals surface area contributed by atoms with Crippen LogP contribution in [0.3, 0.4) is 0 Å². The van der Waals surface area contributed by atoms with Crippen LogP contribution in [0.2, 0.25) is 0 Å². The highest BCUT2D eigenvalue weighted by molar-refractivity contribution is 7.92. The van der Waals surface area contributed by atoms with Crippen LogP contribution in [0.15, 0.2) is 82.8 Å². The second-order valence-electron chi connectivity index (χ2n) is 7.87. The molecule has 2 N–H and O–H groups in total. The minimum atomic E-state index is -4.18. The first-order valence-electron chi connectivity index (χ1n) is 11.2. The first kappa shape index (κ1) is 27.9. The Balaban J connectivity index is 1.79. The molecule has 0 aliphatic carbocycles. The molecule has 0 spiro atoms. The minimum absolute atomic E-state index is 0.0772. The zero-order valence-electron chi connectivity index (χ0n) is 20.9. The van der Waals surface area contributed by atoms with Crippen molar-refractivity contribution >= 4 is 45.4 Å². The number of ether oxygens (including phenoxy) is 2. The van der Waals surface area contributed by atoms with E-state index in [9.17, 15) is 22.8 Å². The second-order valence-corrected chi connectivity index (χ2v) is 9.73. The SMILES string of the molecule is COc1ccc(N(CC(=O)N/N=C\c2ccc(OC(C)=O)cc2)S(=O)(=O)c2ccc(NC(C)=O)cc2)cc1. The number of carbonyl (C=O) groups excluding carboxylic acids is 3. The molecule has 198 valence electrons. The lowest BCUT2D eigenvalue weighted by atomic mass is 10.2. The van der Waals surface area contributed by atoms with Gasteiger partial charge in [-0.05, 0) is 78.4 Å². The number of hydrogen-bond donors (Lipinski definition) is 2. The molecule has 0 aromatic heterocycles. The van der Waals surface area contributed by atoms with Gasteiger partial charge < -0.3 is 14.8 Å². The Hall–Kier alpha value is -4.71. The molecule has 3 aromatic carbocycles. The van der Waals surface area contributed by atoms with E-state index in [2.05, 4.69) is 15.8 Å². The van der Waals surface area contributed by atoms with Crippen molar-refractivity contribution in [3.63, 3.8) is 0 Å². The number of hydrogen-bond acceptors (Lipinski definition) is 8. The summed E-state index contributed by atoms with van der Waals surface area (Å²) in [5, 5.41) is 6.46. The lowest BCUT2D eigenvalue weighted by Gasteiger charge is -2.24. The van der Waals surface area contributed by atoms with E-state index in [1.807, 2.05) is 0 Å². The number of rotatable bonds is 10. The molecule has 0 radical (unpaired) electrons. The number of esters is 1. The average Bonchev–Trinajstić information content (AvgIpc) is 2.88. The van der Waals surface area contributed by atoms with Crippen LogP contribution in [0.1, 0.15) is 19.4 Å². The summed E-state index contributed by atoms with van der Waals surface area (Å²) in [6.45, 7) is 2.07. The van der Waals surface area contributed by atoms with Gasteiger partial charge in [-0.25, -0.2) is 13.8 Å². The molecule has 0 saturated heterocycles. The Morgan fingerprint density at radius 2 is 1.50 bits per heavy atom. The van der Waals surface area contributed by atoms with Crippen molar-refractivity contribution < 1.29 is 32.3 Å². The highest BCUT2D eigenvalue weighted by atomic mass is 32.2. The Morgan fingerprint density at radius 3 is 2.05 bits per heavy atom. The van der Waals surface area contributed by atoms with E-state index in [1.165, 1.54) is 63.6 Å². The Kier molecular flexibility index (Phi) is 9.17. The molecule has 0 fully saturated rings. The van der Waals surface area contributed by atoms with Crippen molar-refractivity contribution in [3.8, 4) is 11.5 Å². The quantitative estimate of drug-likeness (QED) is 0.175. The number of hydrazone groups is 1. The van der Waals surface area contributed by atoms with E-state index in [1.54, 1.807) is 36.4 Å². The smallest absolute Gasteiger partial charge is 0.308 e. The highest BCUT2D eigenvalue weighted by Crippen LogP contribution is 2.26. The molecule has 0 saturated carbocycles. The van der Waals surface area contributed by atoms with Crippen LogP contribution in [-0.4, -0.2) is 46.1 Å². The first-order valence-corrected chi connectivity index (χ1v) is 12.7. The van der Waals surface area contributed by atoms with E-state index in [4.69, 9.17) is 9.47 Å². The van der Waals surface area contributed by atoms with Crippen LogP contribution < -0.4 is 24.5 Å². The second kappa shape index (κ2) is 12.5. The van der Waals surface area contributed by atoms with Crippen molar-refractivity contribution in [1.29, 1.82) is 0 Å². The maximum atomic E-state index is 13.5. The molecular formula is C26H26N4O7S.